The van der Waals surface area contributed by atoms with Crippen LogP contribution in [0.5, 0.6) is 0 Å². The lowest BCUT2D eigenvalue weighted by atomic mass is 10.2. The van der Waals surface area contributed by atoms with E-state index in [0.29, 0.717) is 12.2 Å². The Hall–Kier alpha value is -0.830. The summed E-state index contributed by atoms with van der Waals surface area (Å²) in [6, 6.07) is 0. The van der Waals surface area contributed by atoms with Gasteiger partial charge in [0.15, 0.2) is 0 Å². The SMILES string of the molecule is CC1=C(CO)C(=O)OC1. The summed E-state index contributed by atoms with van der Waals surface area (Å²) in [6.45, 7) is 1.91. The normalized spacial score (nSPS) is 18.7. The van der Waals surface area contributed by atoms with Gasteiger partial charge in [0.2, 0.25) is 0 Å². The molecule has 9 heavy (non-hydrogen) atoms. The quantitative estimate of drug-likeness (QED) is 0.499. The number of aliphatic hydroxyl groups is 1. The molecule has 0 atom stereocenters. The van der Waals surface area contributed by atoms with Gasteiger partial charge in [-0.15, -0.1) is 0 Å². The zero-order valence-corrected chi connectivity index (χ0v) is 5.18. The molecular weight excluding hydrogens is 120 g/mol. The molecular formula is C6H8O3. The van der Waals surface area contributed by atoms with Crippen LogP contribution in [0.3, 0.4) is 0 Å². The second kappa shape index (κ2) is 2.19. The molecule has 0 saturated heterocycles. The highest BCUT2D eigenvalue weighted by Crippen LogP contribution is 2.13. The smallest absolute Gasteiger partial charge is 0.336 e. The summed E-state index contributed by atoms with van der Waals surface area (Å²) in [5.74, 6) is -0.380. The fourth-order valence-electron chi connectivity index (χ4n) is 0.722. The van der Waals surface area contributed by atoms with Gasteiger partial charge in [-0.1, -0.05) is 0 Å². The first-order valence-electron chi connectivity index (χ1n) is 2.72. The second-order valence-electron chi connectivity index (χ2n) is 1.99. The zero-order chi connectivity index (χ0) is 6.85. The Morgan fingerprint density at radius 1 is 1.78 bits per heavy atom. The van der Waals surface area contributed by atoms with E-state index in [-0.39, 0.29) is 12.6 Å². The van der Waals surface area contributed by atoms with E-state index in [0.717, 1.165) is 5.57 Å². The van der Waals surface area contributed by atoms with Crippen LogP contribution in [0.15, 0.2) is 11.1 Å². The highest BCUT2D eigenvalue weighted by atomic mass is 16.5. The van der Waals surface area contributed by atoms with E-state index in [1.54, 1.807) is 6.92 Å². The molecule has 0 amide bonds. The van der Waals surface area contributed by atoms with Gasteiger partial charge in [-0.25, -0.2) is 4.79 Å². The van der Waals surface area contributed by atoms with Crippen LogP contribution in [0.1, 0.15) is 6.92 Å². The molecule has 0 fully saturated rings. The minimum Gasteiger partial charge on any atom is -0.458 e. The summed E-state index contributed by atoms with van der Waals surface area (Å²) in [7, 11) is 0. The van der Waals surface area contributed by atoms with E-state index in [2.05, 4.69) is 4.74 Å². The standard InChI is InChI=1S/C6H8O3/c1-4-3-9-6(8)5(4)2-7/h7H,2-3H2,1H3. The number of ether oxygens (including phenoxy) is 1. The van der Waals surface area contributed by atoms with Crippen molar-refractivity contribution in [2.24, 2.45) is 0 Å². The van der Waals surface area contributed by atoms with Gasteiger partial charge in [0.25, 0.3) is 0 Å². The van der Waals surface area contributed by atoms with Crippen molar-refractivity contribution < 1.29 is 14.6 Å². The number of esters is 1. The summed E-state index contributed by atoms with van der Waals surface area (Å²) in [5.41, 5.74) is 1.25. The Bertz CT molecular complexity index is 169. The Kier molecular flexibility index (Phi) is 1.53. The molecule has 1 N–H and O–H groups in total. The second-order valence-corrected chi connectivity index (χ2v) is 1.99. The molecule has 3 heteroatoms. The van der Waals surface area contributed by atoms with E-state index in [1.165, 1.54) is 0 Å². The largest absolute Gasteiger partial charge is 0.458 e. The van der Waals surface area contributed by atoms with E-state index in [9.17, 15) is 4.79 Å². The zero-order valence-electron chi connectivity index (χ0n) is 5.18. The maximum atomic E-state index is 10.6. The lowest BCUT2D eigenvalue weighted by molar-refractivity contribution is -0.136. The van der Waals surface area contributed by atoms with Gasteiger partial charge in [0.1, 0.15) is 6.61 Å². The summed E-state index contributed by atoms with van der Waals surface area (Å²) in [4.78, 5) is 10.6. The van der Waals surface area contributed by atoms with Crippen molar-refractivity contribution in [1.29, 1.82) is 0 Å². The first kappa shape index (κ1) is 6.29. The molecule has 0 bridgehead atoms. The number of hydrogen-bond acceptors (Lipinski definition) is 3. The predicted molar refractivity (Wildman–Crippen MR) is 30.7 cm³/mol. The van der Waals surface area contributed by atoms with Crippen LogP contribution in [-0.2, 0) is 9.53 Å². The fourth-order valence-corrected chi connectivity index (χ4v) is 0.722. The molecule has 1 aliphatic rings. The van der Waals surface area contributed by atoms with E-state index in [4.69, 9.17) is 5.11 Å². The Morgan fingerprint density at radius 3 is 2.67 bits per heavy atom. The molecule has 3 nitrogen and oxygen atoms in total. The maximum Gasteiger partial charge on any atom is 0.336 e. The topological polar surface area (TPSA) is 46.5 Å². The Morgan fingerprint density at radius 2 is 2.44 bits per heavy atom. The first-order chi connectivity index (χ1) is 4.25. The van der Waals surface area contributed by atoms with Crippen molar-refractivity contribution in [2.45, 2.75) is 6.92 Å². The average molecular weight is 128 g/mol. The third-order valence-electron chi connectivity index (χ3n) is 1.34. The molecule has 0 spiro atoms. The van der Waals surface area contributed by atoms with Gasteiger partial charge in [-0.3, -0.25) is 0 Å². The third-order valence-corrected chi connectivity index (χ3v) is 1.34. The monoisotopic (exact) mass is 128 g/mol. The van der Waals surface area contributed by atoms with Gasteiger partial charge < -0.3 is 9.84 Å². The predicted octanol–water partition coefficient (Wildman–Crippen LogP) is -0.148. The number of hydrogen-bond donors (Lipinski definition) is 1. The number of cyclic esters (lactones) is 1. The molecule has 0 unspecified atom stereocenters. The van der Waals surface area contributed by atoms with E-state index >= 15 is 0 Å². The minimum absolute atomic E-state index is 0.204. The molecule has 1 rings (SSSR count). The lowest BCUT2D eigenvalue weighted by Gasteiger charge is -1.89. The molecule has 0 aliphatic carbocycles. The number of carbonyl (C=O) groups is 1. The van der Waals surface area contributed by atoms with Crippen molar-refractivity contribution >= 4 is 5.97 Å². The van der Waals surface area contributed by atoms with Crippen molar-refractivity contribution in [2.75, 3.05) is 13.2 Å². The summed E-state index contributed by atoms with van der Waals surface area (Å²) < 4.78 is 4.60. The molecule has 0 radical (unpaired) electrons. The Balaban J connectivity index is 2.82. The molecule has 0 aromatic heterocycles. The van der Waals surface area contributed by atoms with E-state index in [1.807, 2.05) is 0 Å². The first-order valence-corrected chi connectivity index (χ1v) is 2.72. The summed E-state index contributed by atoms with van der Waals surface area (Å²) in [6.07, 6.45) is 0. The fraction of sp³-hybridized carbons (Fsp3) is 0.500. The molecule has 1 aliphatic heterocycles. The minimum atomic E-state index is -0.380. The van der Waals surface area contributed by atoms with Gasteiger partial charge in [-0.05, 0) is 12.5 Å². The summed E-state index contributed by atoms with van der Waals surface area (Å²) in [5, 5.41) is 8.55. The summed E-state index contributed by atoms with van der Waals surface area (Å²) >= 11 is 0. The number of aliphatic hydroxyl groups excluding tert-OH is 1. The maximum absolute atomic E-state index is 10.6. The van der Waals surface area contributed by atoms with Crippen LogP contribution >= 0.6 is 0 Å². The van der Waals surface area contributed by atoms with Crippen LogP contribution in [0.4, 0.5) is 0 Å². The van der Waals surface area contributed by atoms with Crippen LogP contribution < -0.4 is 0 Å². The lowest BCUT2D eigenvalue weighted by Crippen LogP contribution is -2.02. The van der Waals surface area contributed by atoms with E-state index < -0.39 is 0 Å². The highest BCUT2D eigenvalue weighted by molar-refractivity contribution is 5.91. The molecule has 0 aromatic carbocycles. The van der Waals surface area contributed by atoms with Gasteiger partial charge in [0, 0.05) is 0 Å². The van der Waals surface area contributed by atoms with Crippen LogP contribution in [0, 0.1) is 0 Å². The number of carbonyl (C=O) groups excluding carboxylic acids is 1. The van der Waals surface area contributed by atoms with Crippen molar-refractivity contribution in [3.05, 3.63) is 11.1 Å². The molecule has 1 heterocycles. The van der Waals surface area contributed by atoms with Gasteiger partial charge in [0.05, 0.1) is 12.2 Å². The average Bonchev–Trinajstić information content (AvgIpc) is 2.12. The van der Waals surface area contributed by atoms with Gasteiger partial charge in [-0.2, -0.15) is 0 Å². The van der Waals surface area contributed by atoms with Crippen molar-refractivity contribution in [1.82, 2.24) is 0 Å². The van der Waals surface area contributed by atoms with Crippen molar-refractivity contribution in [3.8, 4) is 0 Å². The van der Waals surface area contributed by atoms with Gasteiger partial charge >= 0.3 is 5.97 Å². The third kappa shape index (κ3) is 0.954. The molecule has 0 saturated carbocycles. The van der Waals surface area contributed by atoms with Crippen LogP contribution in [-0.4, -0.2) is 24.3 Å². The van der Waals surface area contributed by atoms with Crippen LogP contribution in [0.2, 0.25) is 0 Å². The Labute approximate surface area is 52.9 Å². The number of rotatable bonds is 1. The van der Waals surface area contributed by atoms with Crippen LogP contribution in [0.25, 0.3) is 0 Å². The molecule has 0 aromatic rings. The molecule has 50 valence electrons. The van der Waals surface area contributed by atoms with Crippen molar-refractivity contribution in [3.63, 3.8) is 0 Å². The highest BCUT2D eigenvalue weighted by Gasteiger charge is 2.19.